The highest BCUT2D eigenvalue weighted by atomic mass is 32.2. The summed E-state index contributed by atoms with van der Waals surface area (Å²) in [5.41, 5.74) is 3.14. The molecule has 2 aromatic rings. The minimum absolute atomic E-state index is 0.0223. The number of nitrogens with one attached hydrogen (secondary N) is 1. The van der Waals surface area contributed by atoms with E-state index < -0.39 is 0 Å². The largest absolute Gasteiger partial charge is 0.345 e. The highest BCUT2D eigenvalue weighted by molar-refractivity contribution is 7.99. The molecular formula is C20H23NOS. The first-order valence-corrected chi connectivity index (χ1v) is 8.86. The van der Waals surface area contributed by atoms with E-state index in [2.05, 4.69) is 43.1 Å². The normalized spacial score (nSPS) is 11.7. The SMILES string of the molecule is C=CCSc1ccccc1C(=O)NC(C)c1ccc(CC)cc1. The maximum atomic E-state index is 12.6. The van der Waals surface area contributed by atoms with E-state index in [1.54, 1.807) is 11.8 Å². The van der Waals surface area contributed by atoms with Crippen molar-refractivity contribution >= 4 is 17.7 Å². The number of hydrogen-bond acceptors (Lipinski definition) is 2. The third-order valence-corrected chi connectivity index (χ3v) is 4.79. The van der Waals surface area contributed by atoms with Gasteiger partial charge in [-0.1, -0.05) is 49.4 Å². The lowest BCUT2D eigenvalue weighted by atomic mass is 10.0. The molecule has 0 heterocycles. The molecule has 120 valence electrons. The van der Waals surface area contributed by atoms with Gasteiger partial charge in [-0.25, -0.2) is 0 Å². The van der Waals surface area contributed by atoms with Crippen LogP contribution in [0.5, 0.6) is 0 Å². The molecule has 2 aromatic carbocycles. The number of benzene rings is 2. The number of carbonyl (C=O) groups is 1. The lowest BCUT2D eigenvalue weighted by Crippen LogP contribution is -2.27. The quantitative estimate of drug-likeness (QED) is 0.572. The molecule has 1 atom stereocenters. The molecule has 0 radical (unpaired) electrons. The van der Waals surface area contributed by atoms with Crippen LogP contribution in [0.4, 0.5) is 0 Å². The van der Waals surface area contributed by atoms with Crippen molar-refractivity contribution in [1.29, 1.82) is 0 Å². The summed E-state index contributed by atoms with van der Waals surface area (Å²) in [7, 11) is 0. The number of aryl methyl sites for hydroxylation is 1. The van der Waals surface area contributed by atoms with E-state index in [1.165, 1.54) is 5.56 Å². The zero-order chi connectivity index (χ0) is 16.7. The highest BCUT2D eigenvalue weighted by Crippen LogP contribution is 2.23. The Morgan fingerprint density at radius 1 is 1.22 bits per heavy atom. The third kappa shape index (κ3) is 4.73. The van der Waals surface area contributed by atoms with E-state index >= 15 is 0 Å². The fourth-order valence-electron chi connectivity index (χ4n) is 2.33. The number of rotatable bonds is 7. The Balaban J connectivity index is 2.10. The Kier molecular flexibility index (Phi) is 6.48. The van der Waals surface area contributed by atoms with Gasteiger partial charge < -0.3 is 5.32 Å². The molecule has 1 N–H and O–H groups in total. The van der Waals surface area contributed by atoms with Crippen LogP contribution in [0.15, 0.2) is 66.1 Å². The molecule has 0 aromatic heterocycles. The molecule has 0 aliphatic rings. The average molecular weight is 325 g/mol. The summed E-state index contributed by atoms with van der Waals surface area (Å²) in [6, 6.07) is 16.1. The van der Waals surface area contributed by atoms with Gasteiger partial charge in [0.25, 0.3) is 5.91 Å². The lowest BCUT2D eigenvalue weighted by molar-refractivity contribution is 0.0937. The van der Waals surface area contributed by atoms with Crippen LogP contribution in [0, 0.1) is 0 Å². The van der Waals surface area contributed by atoms with Crippen LogP contribution in [0.25, 0.3) is 0 Å². The van der Waals surface area contributed by atoms with E-state index in [0.717, 1.165) is 28.2 Å². The summed E-state index contributed by atoms with van der Waals surface area (Å²) in [6.45, 7) is 7.88. The zero-order valence-electron chi connectivity index (χ0n) is 13.7. The Morgan fingerprint density at radius 2 is 1.91 bits per heavy atom. The standard InChI is InChI=1S/C20H23NOS/c1-4-14-23-19-9-7-6-8-18(19)20(22)21-15(3)17-12-10-16(5-2)11-13-17/h4,6-13,15H,1,5,14H2,2-3H3,(H,21,22). The van der Waals surface area contributed by atoms with Gasteiger partial charge in [0, 0.05) is 10.6 Å². The van der Waals surface area contributed by atoms with Crippen LogP contribution in [-0.2, 0) is 6.42 Å². The zero-order valence-corrected chi connectivity index (χ0v) is 14.5. The minimum atomic E-state index is -0.0377. The number of hydrogen-bond donors (Lipinski definition) is 1. The fourth-order valence-corrected chi connectivity index (χ4v) is 3.12. The molecule has 0 aliphatic carbocycles. The molecule has 2 nitrogen and oxygen atoms in total. The van der Waals surface area contributed by atoms with E-state index in [1.807, 2.05) is 37.3 Å². The molecule has 3 heteroatoms. The van der Waals surface area contributed by atoms with Crippen molar-refractivity contribution in [1.82, 2.24) is 5.32 Å². The second-order valence-corrected chi connectivity index (χ2v) is 6.45. The molecule has 1 unspecified atom stereocenters. The van der Waals surface area contributed by atoms with Gasteiger partial charge in [-0.15, -0.1) is 18.3 Å². The van der Waals surface area contributed by atoms with E-state index in [4.69, 9.17) is 0 Å². The molecular weight excluding hydrogens is 302 g/mol. The first-order chi connectivity index (χ1) is 11.2. The van der Waals surface area contributed by atoms with Gasteiger partial charge in [0.2, 0.25) is 0 Å². The van der Waals surface area contributed by atoms with E-state index in [0.29, 0.717) is 0 Å². The molecule has 2 rings (SSSR count). The lowest BCUT2D eigenvalue weighted by Gasteiger charge is -2.16. The first kappa shape index (κ1) is 17.4. The molecule has 0 fully saturated rings. The molecule has 23 heavy (non-hydrogen) atoms. The number of carbonyl (C=O) groups excluding carboxylic acids is 1. The van der Waals surface area contributed by atoms with Gasteiger partial charge in [-0.05, 0) is 36.6 Å². The number of amides is 1. The molecule has 1 amide bonds. The van der Waals surface area contributed by atoms with Crippen molar-refractivity contribution in [3.05, 3.63) is 77.9 Å². The molecule has 0 saturated carbocycles. The van der Waals surface area contributed by atoms with Crippen molar-refractivity contribution in [2.45, 2.75) is 31.2 Å². The first-order valence-electron chi connectivity index (χ1n) is 7.88. The Morgan fingerprint density at radius 3 is 2.57 bits per heavy atom. The summed E-state index contributed by atoms with van der Waals surface area (Å²) in [5, 5.41) is 3.09. The van der Waals surface area contributed by atoms with Gasteiger partial charge in [0.05, 0.1) is 11.6 Å². The molecule has 0 aliphatic heterocycles. The van der Waals surface area contributed by atoms with Crippen molar-refractivity contribution in [3.8, 4) is 0 Å². The topological polar surface area (TPSA) is 29.1 Å². The van der Waals surface area contributed by atoms with Crippen molar-refractivity contribution < 1.29 is 4.79 Å². The van der Waals surface area contributed by atoms with Crippen molar-refractivity contribution in [2.75, 3.05) is 5.75 Å². The summed E-state index contributed by atoms with van der Waals surface area (Å²) in [4.78, 5) is 13.6. The van der Waals surface area contributed by atoms with E-state index in [9.17, 15) is 4.79 Å². The Bertz CT molecular complexity index is 664. The van der Waals surface area contributed by atoms with Crippen molar-refractivity contribution in [3.63, 3.8) is 0 Å². The summed E-state index contributed by atoms with van der Waals surface area (Å²) in [5.74, 6) is 0.752. The van der Waals surface area contributed by atoms with Crippen molar-refractivity contribution in [2.24, 2.45) is 0 Å². The van der Waals surface area contributed by atoms with E-state index in [-0.39, 0.29) is 11.9 Å². The van der Waals surface area contributed by atoms with Crippen LogP contribution in [0.1, 0.15) is 41.4 Å². The maximum absolute atomic E-state index is 12.6. The Hall–Kier alpha value is -2.00. The molecule has 0 saturated heterocycles. The summed E-state index contributed by atoms with van der Waals surface area (Å²) < 4.78 is 0. The van der Waals surface area contributed by atoms with Gasteiger partial charge in [0.1, 0.15) is 0 Å². The minimum Gasteiger partial charge on any atom is -0.345 e. The smallest absolute Gasteiger partial charge is 0.252 e. The van der Waals surface area contributed by atoms with Gasteiger partial charge in [0.15, 0.2) is 0 Å². The van der Waals surface area contributed by atoms with Gasteiger partial charge in [-0.3, -0.25) is 4.79 Å². The maximum Gasteiger partial charge on any atom is 0.252 e. The average Bonchev–Trinajstić information content (AvgIpc) is 2.60. The molecule has 0 spiro atoms. The van der Waals surface area contributed by atoms with Crippen LogP contribution in [0.3, 0.4) is 0 Å². The second kappa shape index (κ2) is 8.59. The summed E-state index contributed by atoms with van der Waals surface area (Å²) in [6.07, 6.45) is 2.87. The monoisotopic (exact) mass is 325 g/mol. The van der Waals surface area contributed by atoms with Gasteiger partial charge in [-0.2, -0.15) is 0 Å². The predicted octanol–water partition coefficient (Wildman–Crippen LogP) is 5.02. The predicted molar refractivity (Wildman–Crippen MR) is 99.1 cm³/mol. The fraction of sp³-hybridized carbons (Fsp3) is 0.250. The summed E-state index contributed by atoms with van der Waals surface area (Å²) >= 11 is 1.62. The second-order valence-electron chi connectivity index (χ2n) is 5.39. The molecule has 0 bridgehead atoms. The third-order valence-electron chi connectivity index (χ3n) is 3.72. The van der Waals surface area contributed by atoms with Crippen LogP contribution < -0.4 is 5.32 Å². The highest BCUT2D eigenvalue weighted by Gasteiger charge is 2.14. The van der Waals surface area contributed by atoms with Crippen LogP contribution in [0.2, 0.25) is 0 Å². The van der Waals surface area contributed by atoms with Crippen LogP contribution >= 0.6 is 11.8 Å². The Labute approximate surface area is 143 Å². The van der Waals surface area contributed by atoms with Gasteiger partial charge >= 0.3 is 0 Å². The number of thioether (sulfide) groups is 1. The van der Waals surface area contributed by atoms with Crippen LogP contribution in [-0.4, -0.2) is 11.7 Å².